The number of aromatic amines is 1. The molecule has 0 bridgehead atoms. The molecule has 1 aromatic heterocycles. The van der Waals surface area contributed by atoms with Crippen LogP contribution in [0.1, 0.15) is 11.4 Å². The number of hydrogen-bond donors (Lipinski definition) is 2. The Morgan fingerprint density at radius 1 is 1.12 bits per heavy atom. The Hall–Kier alpha value is -3.06. The number of esters is 1. The summed E-state index contributed by atoms with van der Waals surface area (Å²) in [7, 11) is 3.17. The van der Waals surface area contributed by atoms with Crippen molar-refractivity contribution in [2.75, 3.05) is 20.8 Å². The molecule has 2 aromatic carbocycles. The highest BCUT2D eigenvalue weighted by molar-refractivity contribution is 5.79. The molecule has 0 aliphatic heterocycles. The van der Waals surface area contributed by atoms with E-state index in [1.54, 1.807) is 14.2 Å². The average Bonchev–Trinajstić information content (AvgIpc) is 3.07. The van der Waals surface area contributed by atoms with E-state index in [0.29, 0.717) is 23.9 Å². The van der Waals surface area contributed by atoms with E-state index in [2.05, 4.69) is 15.3 Å². The average molecular weight is 355 g/mol. The summed E-state index contributed by atoms with van der Waals surface area (Å²) in [5.74, 6) is 1.66. The highest BCUT2D eigenvalue weighted by Gasteiger charge is 2.10. The quantitative estimate of drug-likeness (QED) is 0.604. The molecule has 3 rings (SSSR count). The van der Waals surface area contributed by atoms with Gasteiger partial charge in [0.15, 0.2) is 11.5 Å². The minimum absolute atomic E-state index is 0.108. The predicted molar refractivity (Wildman–Crippen MR) is 97.1 cm³/mol. The first kappa shape index (κ1) is 17.8. The Labute approximate surface area is 151 Å². The number of hydrogen-bond acceptors (Lipinski definition) is 6. The summed E-state index contributed by atoms with van der Waals surface area (Å²) in [4.78, 5) is 19.5. The number of nitrogens with zero attached hydrogens (tertiary/aromatic N) is 1. The summed E-state index contributed by atoms with van der Waals surface area (Å²) in [6, 6.07) is 13.2. The van der Waals surface area contributed by atoms with Crippen LogP contribution in [0.15, 0.2) is 42.5 Å². The van der Waals surface area contributed by atoms with Gasteiger partial charge in [0, 0.05) is 12.1 Å². The molecule has 0 aliphatic rings. The number of ether oxygens (including phenoxy) is 3. The van der Waals surface area contributed by atoms with Gasteiger partial charge in [-0.25, -0.2) is 4.98 Å². The first-order valence-electron chi connectivity index (χ1n) is 8.20. The van der Waals surface area contributed by atoms with Gasteiger partial charge in [0.25, 0.3) is 0 Å². The number of benzene rings is 2. The Balaban J connectivity index is 1.52. The zero-order valence-corrected chi connectivity index (χ0v) is 14.7. The fraction of sp³-hybridized carbons (Fsp3) is 0.263. The van der Waals surface area contributed by atoms with Gasteiger partial charge in [0.2, 0.25) is 0 Å². The second-order valence-electron chi connectivity index (χ2n) is 5.66. The Morgan fingerprint density at radius 2 is 1.85 bits per heavy atom. The van der Waals surface area contributed by atoms with E-state index in [-0.39, 0.29) is 19.1 Å². The number of imidazole rings is 1. The predicted octanol–water partition coefficient (Wildman–Crippen LogP) is 2.41. The maximum absolute atomic E-state index is 11.8. The molecule has 0 atom stereocenters. The highest BCUT2D eigenvalue weighted by Crippen LogP contribution is 2.30. The van der Waals surface area contributed by atoms with Crippen LogP contribution in [0, 0.1) is 0 Å². The Kier molecular flexibility index (Phi) is 5.70. The summed E-state index contributed by atoms with van der Waals surface area (Å²) in [5, 5.41) is 3.03. The molecule has 0 aliphatic carbocycles. The van der Waals surface area contributed by atoms with Gasteiger partial charge in [0.05, 0.1) is 38.3 Å². The zero-order valence-electron chi connectivity index (χ0n) is 14.7. The largest absolute Gasteiger partial charge is 0.493 e. The lowest BCUT2D eigenvalue weighted by atomic mass is 10.2. The molecule has 2 N–H and O–H groups in total. The van der Waals surface area contributed by atoms with Gasteiger partial charge in [-0.15, -0.1) is 0 Å². The van der Waals surface area contributed by atoms with Crippen molar-refractivity contribution < 1.29 is 19.0 Å². The molecule has 0 fully saturated rings. The first-order valence-corrected chi connectivity index (χ1v) is 8.20. The number of methoxy groups -OCH3 is 2. The molecular formula is C19H21N3O4. The zero-order chi connectivity index (χ0) is 18.4. The molecule has 7 heteroatoms. The number of fused-ring (bicyclic) bond motifs is 1. The molecule has 0 saturated heterocycles. The number of aromatic nitrogens is 2. The summed E-state index contributed by atoms with van der Waals surface area (Å²) in [6.45, 7) is 0.794. The van der Waals surface area contributed by atoms with E-state index >= 15 is 0 Å². The van der Waals surface area contributed by atoms with Gasteiger partial charge < -0.3 is 19.2 Å². The molecule has 1 heterocycles. The fourth-order valence-corrected chi connectivity index (χ4v) is 2.55. The highest BCUT2D eigenvalue weighted by atomic mass is 16.5. The van der Waals surface area contributed by atoms with Crippen molar-refractivity contribution in [3.05, 3.63) is 53.9 Å². The first-order chi connectivity index (χ1) is 12.7. The molecule has 3 aromatic rings. The molecule has 26 heavy (non-hydrogen) atoms. The minimum atomic E-state index is -0.312. The molecular weight excluding hydrogens is 334 g/mol. The van der Waals surface area contributed by atoms with Crippen molar-refractivity contribution in [1.82, 2.24) is 15.3 Å². The molecule has 0 spiro atoms. The van der Waals surface area contributed by atoms with Crippen LogP contribution in [-0.4, -0.2) is 36.7 Å². The fourth-order valence-electron chi connectivity index (χ4n) is 2.55. The van der Waals surface area contributed by atoms with Crippen LogP contribution >= 0.6 is 0 Å². The second kappa shape index (κ2) is 8.35. The van der Waals surface area contributed by atoms with Gasteiger partial charge in [-0.2, -0.15) is 0 Å². The van der Waals surface area contributed by atoms with Crippen LogP contribution in [0.2, 0.25) is 0 Å². The van der Waals surface area contributed by atoms with E-state index in [0.717, 1.165) is 16.6 Å². The summed E-state index contributed by atoms with van der Waals surface area (Å²) in [6.07, 6.45) is 0. The van der Waals surface area contributed by atoms with E-state index in [1.807, 2.05) is 42.5 Å². The molecule has 0 unspecified atom stereocenters. The number of carbonyl (C=O) groups excluding carboxylic acids is 1. The van der Waals surface area contributed by atoms with Gasteiger partial charge in [-0.1, -0.05) is 30.3 Å². The van der Waals surface area contributed by atoms with Gasteiger partial charge >= 0.3 is 5.97 Å². The van der Waals surface area contributed by atoms with Crippen molar-refractivity contribution in [1.29, 1.82) is 0 Å². The third kappa shape index (κ3) is 4.31. The number of nitrogens with one attached hydrogen (secondary N) is 2. The third-order valence-corrected chi connectivity index (χ3v) is 3.84. The Bertz CT molecular complexity index is 836. The normalized spacial score (nSPS) is 10.7. The topological polar surface area (TPSA) is 85.5 Å². The van der Waals surface area contributed by atoms with Crippen LogP contribution < -0.4 is 14.8 Å². The van der Waals surface area contributed by atoms with Crippen molar-refractivity contribution in [2.45, 2.75) is 13.2 Å². The maximum atomic E-state index is 11.8. The lowest BCUT2D eigenvalue weighted by molar-refractivity contribution is -0.143. The van der Waals surface area contributed by atoms with Crippen molar-refractivity contribution >= 4 is 17.0 Å². The summed E-state index contributed by atoms with van der Waals surface area (Å²) in [5.41, 5.74) is 2.57. The third-order valence-electron chi connectivity index (χ3n) is 3.84. The molecule has 0 saturated carbocycles. The van der Waals surface area contributed by atoms with Crippen LogP contribution in [0.3, 0.4) is 0 Å². The van der Waals surface area contributed by atoms with E-state index in [1.165, 1.54) is 0 Å². The Morgan fingerprint density at radius 3 is 2.58 bits per heavy atom. The van der Waals surface area contributed by atoms with E-state index < -0.39 is 0 Å². The van der Waals surface area contributed by atoms with E-state index in [4.69, 9.17) is 14.2 Å². The standard InChI is InChI=1S/C19H21N3O4/c1-24-16-8-14-15(9-17(16)25-2)22-18(21-14)10-20-11-19(23)26-12-13-6-4-3-5-7-13/h3-9,20H,10-12H2,1-2H3,(H,21,22). The lowest BCUT2D eigenvalue weighted by Gasteiger charge is -2.06. The summed E-state index contributed by atoms with van der Waals surface area (Å²) < 4.78 is 15.8. The van der Waals surface area contributed by atoms with E-state index in [9.17, 15) is 4.79 Å². The lowest BCUT2D eigenvalue weighted by Crippen LogP contribution is -2.24. The number of carbonyl (C=O) groups is 1. The van der Waals surface area contributed by atoms with Crippen molar-refractivity contribution in [2.24, 2.45) is 0 Å². The van der Waals surface area contributed by atoms with Crippen LogP contribution in [-0.2, 0) is 22.7 Å². The van der Waals surface area contributed by atoms with Gasteiger partial charge in [-0.3, -0.25) is 10.1 Å². The molecule has 136 valence electrons. The van der Waals surface area contributed by atoms with Gasteiger partial charge in [-0.05, 0) is 5.56 Å². The van der Waals surface area contributed by atoms with Crippen LogP contribution in [0.4, 0.5) is 0 Å². The van der Waals surface area contributed by atoms with Gasteiger partial charge in [0.1, 0.15) is 12.4 Å². The second-order valence-corrected chi connectivity index (χ2v) is 5.66. The van der Waals surface area contributed by atoms with Crippen molar-refractivity contribution in [3.63, 3.8) is 0 Å². The maximum Gasteiger partial charge on any atom is 0.320 e. The van der Waals surface area contributed by atoms with Crippen LogP contribution in [0.5, 0.6) is 11.5 Å². The summed E-state index contributed by atoms with van der Waals surface area (Å²) >= 11 is 0. The number of H-pyrrole nitrogens is 1. The molecule has 0 amide bonds. The molecule has 0 radical (unpaired) electrons. The monoisotopic (exact) mass is 355 g/mol. The SMILES string of the molecule is COc1cc2nc(CNCC(=O)OCc3ccccc3)[nH]c2cc1OC. The minimum Gasteiger partial charge on any atom is -0.493 e. The van der Waals surface area contributed by atoms with Crippen molar-refractivity contribution in [3.8, 4) is 11.5 Å². The number of rotatable bonds is 8. The smallest absolute Gasteiger partial charge is 0.320 e. The van der Waals surface area contributed by atoms with Crippen LogP contribution in [0.25, 0.3) is 11.0 Å². The molecule has 7 nitrogen and oxygen atoms in total.